The van der Waals surface area contributed by atoms with E-state index < -0.39 is 162 Å². The third kappa shape index (κ3) is 9.54. The molecule has 69 heavy (non-hydrogen) atoms. The van der Waals surface area contributed by atoms with E-state index in [9.17, 15) is 171 Å². The molecule has 1 rings (SSSR count). The minimum absolute atomic E-state index is 0.0646. The molecule has 0 atom stereocenters. The van der Waals surface area contributed by atoms with Crippen LogP contribution in [0, 0.1) is 0 Å². The van der Waals surface area contributed by atoms with E-state index in [1.54, 1.807) is 0 Å². The van der Waals surface area contributed by atoms with E-state index in [0.29, 0.717) is 0 Å². The number of allylic oxidation sites excluding steroid dienone is 4. The number of hydrogen-bond donors (Lipinski definition) is 0. The van der Waals surface area contributed by atoms with Crippen LogP contribution in [0.1, 0.15) is 19.3 Å². The molecular formula is C29H17F39Sn. The van der Waals surface area contributed by atoms with E-state index in [-0.39, 0.29) is 24.3 Å². The minimum atomic E-state index is -8.84. The predicted octanol–water partition coefficient (Wildman–Crippen LogP) is 16.3. The zero-order chi connectivity index (χ0) is 56.1. The van der Waals surface area contributed by atoms with Crippen molar-refractivity contribution in [3.8, 4) is 0 Å². The summed E-state index contributed by atoms with van der Waals surface area (Å²) in [7, 11) is 0. The summed E-state index contributed by atoms with van der Waals surface area (Å²) in [5.74, 6) is -127. The average Bonchev–Trinajstić information content (AvgIpc) is 3.68. The molecule has 40 heteroatoms. The molecule has 0 amide bonds. The Hall–Kier alpha value is -2.45. The summed E-state index contributed by atoms with van der Waals surface area (Å²) < 4.78 is 524. The third-order valence-electron chi connectivity index (χ3n) is 10.3. The van der Waals surface area contributed by atoms with E-state index >= 15 is 0 Å². The van der Waals surface area contributed by atoms with Crippen LogP contribution in [0.4, 0.5) is 171 Å². The summed E-state index contributed by atoms with van der Waals surface area (Å²) in [5, 5.41) is 0. The molecule has 0 saturated carbocycles. The van der Waals surface area contributed by atoms with Crippen molar-refractivity contribution in [3.05, 3.63) is 24.3 Å². The predicted molar refractivity (Wildman–Crippen MR) is 148 cm³/mol. The second kappa shape index (κ2) is 17.6. The second-order valence-electron chi connectivity index (χ2n) is 14.7. The molecule has 0 aromatic carbocycles. The molecule has 0 N–H and O–H groups in total. The molecule has 1 aliphatic carbocycles. The van der Waals surface area contributed by atoms with Gasteiger partial charge in [-0.1, -0.05) is 0 Å². The van der Waals surface area contributed by atoms with Crippen LogP contribution < -0.4 is 0 Å². The molecule has 0 unspecified atom stereocenters. The monoisotopic (exact) mass is 1230 g/mol. The Morgan fingerprint density at radius 2 is 0.391 bits per heavy atom. The van der Waals surface area contributed by atoms with Crippen molar-refractivity contribution in [2.24, 2.45) is 0 Å². The quantitative estimate of drug-likeness (QED) is 0.0749. The van der Waals surface area contributed by atoms with Crippen LogP contribution in [0.3, 0.4) is 0 Å². The van der Waals surface area contributed by atoms with Gasteiger partial charge in [0.15, 0.2) is 0 Å². The number of hydrogen-bond acceptors (Lipinski definition) is 0. The molecule has 410 valence electrons. The van der Waals surface area contributed by atoms with Crippen molar-refractivity contribution < 1.29 is 171 Å². The molecule has 0 radical (unpaired) electrons. The Kier molecular flexibility index (Phi) is 16.5. The van der Waals surface area contributed by atoms with Crippen molar-refractivity contribution >= 4 is 18.4 Å². The van der Waals surface area contributed by atoms with Crippen LogP contribution in [-0.2, 0) is 0 Å². The summed E-state index contributed by atoms with van der Waals surface area (Å²) in [6.07, 6.45) is -36.0. The van der Waals surface area contributed by atoms with Gasteiger partial charge in [0.05, 0.1) is 0 Å². The van der Waals surface area contributed by atoms with Gasteiger partial charge in [-0.2, -0.15) is 0 Å². The zero-order valence-corrected chi connectivity index (χ0v) is 34.2. The average molecular weight is 1230 g/mol. The number of halogens is 39. The number of rotatable bonds is 22. The molecular weight excluding hydrogens is 1210 g/mol. The standard InChI is InChI=1S/3C8H4F13.C5H5.Sn/c3*1-2-3(9,10)4(11,12)5(13,14)6(15,16)7(17,18)8(19,20)21;1-2-4-5-3-1;/h3*1-2H2;1-5H;. The Labute approximate surface area is 358 Å². The maximum atomic E-state index is 14.9. The Balaban J connectivity index is 4.29. The molecule has 0 aromatic heterocycles. The fraction of sp³-hybridized carbons (Fsp3) is 0.862. The first-order valence-electron chi connectivity index (χ1n) is 16.7. The molecule has 1 aliphatic rings. The Morgan fingerprint density at radius 1 is 0.232 bits per heavy atom. The fourth-order valence-corrected chi connectivity index (χ4v) is 20.7. The molecule has 0 aromatic rings. The summed E-state index contributed by atoms with van der Waals surface area (Å²) in [4.78, 5) is 0. The van der Waals surface area contributed by atoms with Crippen LogP contribution in [0.5, 0.6) is 0 Å². The van der Waals surface area contributed by atoms with Crippen LogP contribution in [0.25, 0.3) is 0 Å². The van der Waals surface area contributed by atoms with Crippen molar-refractivity contribution in [2.75, 3.05) is 0 Å². The topological polar surface area (TPSA) is 0 Å². The first kappa shape index (κ1) is 64.6. The van der Waals surface area contributed by atoms with Gasteiger partial charge in [-0.05, 0) is 0 Å². The van der Waals surface area contributed by atoms with Crippen molar-refractivity contribution in [1.29, 1.82) is 0 Å². The van der Waals surface area contributed by atoms with Gasteiger partial charge in [0.25, 0.3) is 0 Å². The van der Waals surface area contributed by atoms with Crippen molar-refractivity contribution in [3.63, 3.8) is 0 Å². The Morgan fingerprint density at radius 3 is 0.551 bits per heavy atom. The van der Waals surface area contributed by atoms with Gasteiger partial charge in [-0.25, -0.2) is 0 Å². The fourth-order valence-electron chi connectivity index (χ4n) is 5.81. The van der Waals surface area contributed by atoms with E-state index in [4.69, 9.17) is 0 Å². The van der Waals surface area contributed by atoms with Gasteiger partial charge < -0.3 is 0 Å². The van der Waals surface area contributed by atoms with Crippen LogP contribution >= 0.6 is 0 Å². The maximum absolute atomic E-state index is 14.9. The first-order chi connectivity index (χ1) is 29.5. The molecule has 0 bridgehead atoms. The van der Waals surface area contributed by atoms with E-state index in [2.05, 4.69) is 0 Å². The summed E-state index contributed by atoms with van der Waals surface area (Å²) in [6, 6.07) is 0. The van der Waals surface area contributed by atoms with Crippen LogP contribution in [0.2, 0.25) is 17.2 Å². The summed E-state index contributed by atoms with van der Waals surface area (Å²) >= 11 is -7.98. The number of alkyl halides is 39. The molecule has 0 heterocycles. The van der Waals surface area contributed by atoms with Gasteiger partial charge in [0, 0.05) is 0 Å². The van der Waals surface area contributed by atoms with Crippen molar-refractivity contribution in [2.45, 2.75) is 144 Å². The van der Waals surface area contributed by atoms with Crippen molar-refractivity contribution in [1.82, 2.24) is 0 Å². The Bertz CT molecular complexity index is 1650. The van der Waals surface area contributed by atoms with Gasteiger partial charge in [-0.15, -0.1) is 0 Å². The normalized spacial score (nSPS) is 17.7. The molecule has 0 fully saturated rings. The third-order valence-corrected chi connectivity index (χ3v) is 26.1. The van der Waals surface area contributed by atoms with E-state index in [1.807, 2.05) is 0 Å². The van der Waals surface area contributed by atoms with Crippen LogP contribution in [0.15, 0.2) is 24.3 Å². The van der Waals surface area contributed by atoms with E-state index in [1.165, 1.54) is 0 Å². The SMILES string of the molecule is FC(F)(F)C(F)(F)C(F)(F)C(F)(F)C(F)(F)C(F)(F)C[CH2][Sn]([CH2]CC(F)(F)C(F)(F)C(F)(F)C(F)(F)C(F)(F)C(F)(F)F)([CH2]CC(F)(F)C(F)(F)C(F)(F)C(F)(F)C(F)(F)C(F)(F)F)[CH]1C=CC=C1. The molecule has 0 aliphatic heterocycles. The zero-order valence-electron chi connectivity index (χ0n) is 31.4. The summed E-state index contributed by atoms with van der Waals surface area (Å²) in [5.41, 5.74) is 0. The van der Waals surface area contributed by atoms with E-state index in [0.717, 1.165) is 0 Å². The molecule has 0 spiro atoms. The molecule has 0 nitrogen and oxygen atoms in total. The molecule has 0 saturated heterocycles. The summed E-state index contributed by atoms with van der Waals surface area (Å²) in [6.45, 7) is 0. The van der Waals surface area contributed by atoms with Gasteiger partial charge >= 0.3 is 358 Å². The van der Waals surface area contributed by atoms with Crippen LogP contribution in [-0.4, -0.2) is 126 Å². The second-order valence-corrected chi connectivity index (χ2v) is 28.6. The van der Waals surface area contributed by atoms with Gasteiger partial charge in [-0.3, -0.25) is 0 Å². The van der Waals surface area contributed by atoms with Gasteiger partial charge in [0.2, 0.25) is 0 Å². The first-order valence-corrected chi connectivity index (χ1v) is 24.4. The van der Waals surface area contributed by atoms with Gasteiger partial charge in [0.1, 0.15) is 0 Å².